The lowest BCUT2D eigenvalue weighted by molar-refractivity contribution is -0.137. The SMILES string of the molecule is COc1ccc(-n2c(-c3ccccc3)nc3cc(NS(=O)(=O)c4ccc(Cl)cc4)c(OCCCC(=O)O)cc32)cc1. The van der Waals surface area contributed by atoms with Gasteiger partial charge in [-0.15, -0.1) is 0 Å². The molecule has 4 aromatic carbocycles. The largest absolute Gasteiger partial charge is 0.497 e. The minimum absolute atomic E-state index is 0.0209. The number of aliphatic carboxylic acids is 1. The second kappa shape index (κ2) is 11.9. The molecule has 0 bridgehead atoms. The molecule has 2 N–H and O–H groups in total. The highest BCUT2D eigenvalue weighted by atomic mass is 35.5. The fourth-order valence-corrected chi connectivity index (χ4v) is 5.49. The maximum Gasteiger partial charge on any atom is 0.303 e. The summed E-state index contributed by atoms with van der Waals surface area (Å²) in [5.41, 5.74) is 3.01. The summed E-state index contributed by atoms with van der Waals surface area (Å²) in [6.45, 7) is 0.0652. The fourth-order valence-electron chi connectivity index (χ4n) is 4.30. The van der Waals surface area contributed by atoms with Crippen LogP contribution in [0.2, 0.25) is 5.02 Å². The van der Waals surface area contributed by atoms with Crippen LogP contribution in [0.15, 0.2) is 95.9 Å². The first-order valence-corrected chi connectivity index (χ1v) is 14.5. The predicted octanol–water partition coefficient (Wildman–Crippen LogP) is 6.40. The molecule has 0 saturated carbocycles. The van der Waals surface area contributed by atoms with E-state index in [2.05, 4.69) is 4.72 Å². The highest BCUT2D eigenvalue weighted by Gasteiger charge is 2.21. The highest BCUT2D eigenvalue weighted by molar-refractivity contribution is 7.92. The molecule has 5 aromatic rings. The zero-order valence-electron chi connectivity index (χ0n) is 22.0. The number of methoxy groups -OCH3 is 1. The third-order valence-electron chi connectivity index (χ3n) is 6.28. The normalized spacial score (nSPS) is 11.4. The number of aromatic nitrogens is 2. The standard InChI is InChI=1S/C30H26ClN3O6S/c1-39-23-13-11-22(12-14-23)34-27-19-28(40-17-5-8-29(35)36)26(33-41(37,38)24-15-9-21(31)10-16-24)18-25(27)32-30(34)20-6-3-2-4-7-20/h2-4,6-7,9-16,18-19,33H,5,8,17H2,1H3,(H,35,36). The van der Waals surface area contributed by atoms with Gasteiger partial charge in [0, 0.05) is 28.8 Å². The molecule has 11 heteroatoms. The molecule has 0 atom stereocenters. The summed E-state index contributed by atoms with van der Waals surface area (Å²) in [6.07, 6.45) is 0.153. The summed E-state index contributed by atoms with van der Waals surface area (Å²) in [5.74, 6) is 0.619. The molecule has 0 aliphatic rings. The fraction of sp³-hybridized carbons (Fsp3) is 0.133. The van der Waals surface area contributed by atoms with E-state index in [0.717, 1.165) is 11.3 Å². The molecule has 0 radical (unpaired) electrons. The third kappa shape index (κ3) is 6.29. The molecule has 1 heterocycles. The molecule has 0 saturated heterocycles. The number of hydrogen-bond donors (Lipinski definition) is 2. The van der Waals surface area contributed by atoms with Gasteiger partial charge in [0.05, 0.1) is 35.3 Å². The van der Waals surface area contributed by atoms with E-state index in [1.54, 1.807) is 19.2 Å². The van der Waals surface area contributed by atoms with Crippen LogP contribution >= 0.6 is 11.6 Å². The Balaban J connectivity index is 1.66. The monoisotopic (exact) mass is 591 g/mol. The van der Waals surface area contributed by atoms with Gasteiger partial charge in [0.2, 0.25) is 0 Å². The first kappa shape index (κ1) is 28.0. The second-order valence-corrected chi connectivity index (χ2v) is 11.2. The third-order valence-corrected chi connectivity index (χ3v) is 7.91. The Morgan fingerprint density at radius 2 is 1.71 bits per heavy atom. The number of carboxylic acids is 1. The molecule has 0 spiro atoms. The van der Waals surface area contributed by atoms with Crippen molar-refractivity contribution in [2.24, 2.45) is 0 Å². The molecule has 1 aromatic heterocycles. The Morgan fingerprint density at radius 3 is 2.37 bits per heavy atom. The summed E-state index contributed by atoms with van der Waals surface area (Å²) in [4.78, 5) is 15.9. The number of anilines is 1. The lowest BCUT2D eigenvalue weighted by atomic mass is 10.2. The molecule has 0 aliphatic heterocycles. The van der Waals surface area contributed by atoms with Gasteiger partial charge in [-0.05, 0) is 61.0 Å². The van der Waals surface area contributed by atoms with Crippen molar-refractivity contribution in [3.05, 3.63) is 96.0 Å². The van der Waals surface area contributed by atoms with Gasteiger partial charge in [-0.3, -0.25) is 14.1 Å². The Hall–Kier alpha value is -4.54. The summed E-state index contributed by atoms with van der Waals surface area (Å²) < 4.78 is 42.4. The van der Waals surface area contributed by atoms with E-state index in [-0.39, 0.29) is 35.8 Å². The Kier molecular flexibility index (Phi) is 8.14. The van der Waals surface area contributed by atoms with Crippen molar-refractivity contribution in [3.63, 3.8) is 0 Å². The first-order valence-electron chi connectivity index (χ1n) is 12.6. The minimum atomic E-state index is -4.01. The van der Waals surface area contributed by atoms with E-state index >= 15 is 0 Å². The maximum absolute atomic E-state index is 13.3. The number of imidazole rings is 1. The summed E-state index contributed by atoms with van der Waals surface area (Å²) in [6, 6.07) is 26.2. The first-order chi connectivity index (χ1) is 19.7. The van der Waals surface area contributed by atoms with Crippen LogP contribution in [0.5, 0.6) is 11.5 Å². The number of nitrogens with one attached hydrogen (secondary N) is 1. The second-order valence-electron chi connectivity index (χ2n) is 9.08. The van der Waals surface area contributed by atoms with Crippen molar-refractivity contribution in [2.45, 2.75) is 17.7 Å². The summed E-state index contributed by atoms with van der Waals surface area (Å²) >= 11 is 5.95. The predicted molar refractivity (Wildman–Crippen MR) is 158 cm³/mol. The molecule has 41 heavy (non-hydrogen) atoms. The van der Waals surface area contributed by atoms with Crippen LogP contribution in [0.4, 0.5) is 5.69 Å². The topological polar surface area (TPSA) is 120 Å². The van der Waals surface area contributed by atoms with Gasteiger partial charge in [0.15, 0.2) is 0 Å². The number of fused-ring (bicyclic) bond motifs is 1. The van der Waals surface area contributed by atoms with E-state index in [9.17, 15) is 13.2 Å². The zero-order chi connectivity index (χ0) is 29.0. The van der Waals surface area contributed by atoms with Crippen LogP contribution in [0.1, 0.15) is 12.8 Å². The number of sulfonamides is 1. The molecule has 210 valence electrons. The summed E-state index contributed by atoms with van der Waals surface area (Å²) in [7, 11) is -2.42. The summed E-state index contributed by atoms with van der Waals surface area (Å²) in [5, 5.41) is 9.45. The van der Waals surface area contributed by atoms with E-state index in [1.165, 1.54) is 24.3 Å². The molecule has 0 amide bonds. The molecule has 9 nitrogen and oxygen atoms in total. The van der Waals surface area contributed by atoms with Gasteiger partial charge in [0.1, 0.15) is 17.3 Å². The molecular formula is C30H26ClN3O6S. The quantitative estimate of drug-likeness (QED) is 0.171. The average Bonchev–Trinajstić information content (AvgIpc) is 3.34. The molecule has 0 unspecified atom stereocenters. The van der Waals surface area contributed by atoms with Crippen molar-refractivity contribution in [1.29, 1.82) is 0 Å². The average molecular weight is 592 g/mol. The van der Waals surface area contributed by atoms with Crippen LogP contribution in [0, 0.1) is 0 Å². The van der Waals surface area contributed by atoms with Crippen LogP contribution in [-0.2, 0) is 14.8 Å². The zero-order valence-corrected chi connectivity index (χ0v) is 23.5. The molecule has 0 aliphatic carbocycles. The van der Waals surface area contributed by atoms with Crippen molar-refractivity contribution in [1.82, 2.24) is 9.55 Å². The molecular weight excluding hydrogens is 566 g/mol. The van der Waals surface area contributed by atoms with E-state index in [1.807, 2.05) is 59.2 Å². The Bertz CT molecular complexity index is 1790. The van der Waals surface area contributed by atoms with E-state index in [4.69, 9.17) is 31.2 Å². The number of rotatable bonds is 11. The van der Waals surface area contributed by atoms with Gasteiger partial charge in [-0.25, -0.2) is 13.4 Å². The van der Waals surface area contributed by atoms with Crippen molar-refractivity contribution < 1.29 is 27.8 Å². The van der Waals surface area contributed by atoms with Crippen LogP contribution in [0.3, 0.4) is 0 Å². The van der Waals surface area contributed by atoms with Gasteiger partial charge in [0.25, 0.3) is 10.0 Å². The molecule has 0 fully saturated rings. The van der Waals surface area contributed by atoms with E-state index < -0.39 is 16.0 Å². The minimum Gasteiger partial charge on any atom is -0.497 e. The van der Waals surface area contributed by atoms with Gasteiger partial charge in [-0.1, -0.05) is 41.9 Å². The van der Waals surface area contributed by atoms with Gasteiger partial charge in [-0.2, -0.15) is 0 Å². The number of ether oxygens (including phenoxy) is 2. The van der Waals surface area contributed by atoms with Crippen molar-refractivity contribution in [2.75, 3.05) is 18.4 Å². The Labute approximate surface area is 242 Å². The number of nitrogens with zero attached hydrogens (tertiary/aromatic N) is 2. The van der Waals surface area contributed by atoms with Crippen LogP contribution in [0.25, 0.3) is 28.1 Å². The van der Waals surface area contributed by atoms with Crippen LogP contribution in [-0.4, -0.2) is 42.8 Å². The maximum atomic E-state index is 13.3. The lowest BCUT2D eigenvalue weighted by Crippen LogP contribution is -2.14. The van der Waals surface area contributed by atoms with E-state index in [0.29, 0.717) is 27.6 Å². The van der Waals surface area contributed by atoms with Crippen molar-refractivity contribution in [3.8, 4) is 28.6 Å². The Morgan fingerprint density at radius 1 is 1.00 bits per heavy atom. The highest BCUT2D eigenvalue weighted by Crippen LogP contribution is 2.37. The van der Waals surface area contributed by atoms with Crippen LogP contribution < -0.4 is 14.2 Å². The number of benzene rings is 4. The number of halogens is 1. The number of carboxylic acid groups (broad SMARTS) is 1. The molecule has 5 rings (SSSR count). The lowest BCUT2D eigenvalue weighted by Gasteiger charge is -2.15. The van der Waals surface area contributed by atoms with Gasteiger partial charge >= 0.3 is 5.97 Å². The van der Waals surface area contributed by atoms with Gasteiger partial charge < -0.3 is 14.6 Å². The van der Waals surface area contributed by atoms with Crippen molar-refractivity contribution >= 4 is 44.3 Å². The smallest absolute Gasteiger partial charge is 0.303 e. The number of carbonyl (C=O) groups is 1. The number of hydrogen-bond acceptors (Lipinski definition) is 6.